The number of aliphatic carboxylic acids is 1. The SMILES string of the molecule is CCCCC/C=C/CC/C=C/C=C/C=C/CCCC(O)(O)C(=O)O. The Morgan fingerprint density at radius 3 is 1.96 bits per heavy atom. The third kappa shape index (κ3) is 14.0. The van der Waals surface area contributed by atoms with Gasteiger partial charge in [0.25, 0.3) is 5.79 Å². The normalized spacial score (nSPS) is 13.1. The third-order valence-corrected chi connectivity index (χ3v) is 3.49. The summed E-state index contributed by atoms with van der Waals surface area (Å²) in [6.45, 7) is 2.21. The van der Waals surface area contributed by atoms with Crippen LogP contribution in [-0.4, -0.2) is 27.1 Å². The quantitative estimate of drug-likeness (QED) is 0.189. The van der Waals surface area contributed by atoms with Crippen LogP contribution in [0, 0.1) is 0 Å². The van der Waals surface area contributed by atoms with Gasteiger partial charge in [0.2, 0.25) is 0 Å². The van der Waals surface area contributed by atoms with Gasteiger partial charge in [-0.05, 0) is 38.5 Å². The summed E-state index contributed by atoms with van der Waals surface area (Å²) in [6.07, 6.45) is 24.2. The molecule has 0 atom stereocenters. The number of aliphatic hydroxyl groups is 2. The monoisotopic (exact) mass is 336 g/mol. The Bertz CT molecular complexity index is 431. The number of hydrogen-bond acceptors (Lipinski definition) is 3. The van der Waals surface area contributed by atoms with Crippen molar-refractivity contribution in [1.82, 2.24) is 0 Å². The van der Waals surface area contributed by atoms with Crippen LogP contribution < -0.4 is 0 Å². The molecule has 0 aromatic carbocycles. The first-order chi connectivity index (χ1) is 11.5. The van der Waals surface area contributed by atoms with Crippen LogP contribution in [0.2, 0.25) is 0 Å². The lowest BCUT2D eigenvalue weighted by Gasteiger charge is -2.14. The molecule has 0 heterocycles. The number of unbranched alkanes of at least 4 members (excludes halogenated alkanes) is 5. The van der Waals surface area contributed by atoms with Crippen molar-refractivity contribution in [1.29, 1.82) is 0 Å². The highest BCUT2D eigenvalue weighted by Gasteiger charge is 2.31. The lowest BCUT2D eigenvalue weighted by molar-refractivity contribution is -0.205. The summed E-state index contributed by atoms with van der Waals surface area (Å²) in [5.41, 5.74) is 0. The number of allylic oxidation sites excluding steroid dienone is 8. The fourth-order valence-corrected chi connectivity index (χ4v) is 1.99. The van der Waals surface area contributed by atoms with Gasteiger partial charge in [0, 0.05) is 6.42 Å². The van der Waals surface area contributed by atoms with Crippen LogP contribution in [0.3, 0.4) is 0 Å². The number of rotatable bonds is 14. The zero-order valence-corrected chi connectivity index (χ0v) is 14.7. The summed E-state index contributed by atoms with van der Waals surface area (Å²) >= 11 is 0. The molecule has 4 nitrogen and oxygen atoms in total. The van der Waals surface area contributed by atoms with Crippen molar-refractivity contribution in [2.24, 2.45) is 0 Å². The van der Waals surface area contributed by atoms with Crippen molar-refractivity contribution in [3.05, 3.63) is 48.6 Å². The maximum absolute atomic E-state index is 10.5. The van der Waals surface area contributed by atoms with Crippen LogP contribution in [0.5, 0.6) is 0 Å². The summed E-state index contributed by atoms with van der Waals surface area (Å²) < 4.78 is 0. The van der Waals surface area contributed by atoms with Crippen LogP contribution in [-0.2, 0) is 4.79 Å². The standard InChI is InChI=1S/C20H32O4/c1-2-3-4-5-6-7-8-9-10-11-12-13-14-15-16-17-18-20(23,24)19(21)22/h6-7,10-15,23-24H,2-5,8-9,16-18H2,1H3,(H,21,22)/b7-6+,11-10+,13-12+,15-14+. The molecule has 136 valence electrons. The second-order valence-electron chi connectivity index (χ2n) is 5.80. The molecule has 0 radical (unpaired) electrons. The minimum atomic E-state index is -2.61. The van der Waals surface area contributed by atoms with Gasteiger partial charge < -0.3 is 15.3 Å². The zero-order chi connectivity index (χ0) is 18.1. The summed E-state index contributed by atoms with van der Waals surface area (Å²) in [6, 6.07) is 0. The van der Waals surface area contributed by atoms with Crippen LogP contribution in [0.1, 0.15) is 64.7 Å². The molecule has 0 aliphatic rings. The smallest absolute Gasteiger partial charge is 0.364 e. The Labute approximate surface area is 145 Å². The van der Waals surface area contributed by atoms with Crippen LogP contribution in [0.25, 0.3) is 0 Å². The van der Waals surface area contributed by atoms with E-state index in [1.54, 1.807) is 0 Å². The maximum atomic E-state index is 10.5. The van der Waals surface area contributed by atoms with Gasteiger partial charge in [0.1, 0.15) is 0 Å². The average molecular weight is 336 g/mol. The topological polar surface area (TPSA) is 77.8 Å². The molecule has 0 aliphatic carbocycles. The van der Waals surface area contributed by atoms with E-state index >= 15 is 0 Å². The zero-order valence-electron chi connectivity index (χ0n) is 14.7. The third-order valence-electron chi connectivity index (χ3n) is 3.49. The van der Waals surface area contributed by atoms with Gasteiger partial charge >= 0.3 is 5.97 Å². The number of hydrogen-bond donors (Lipinski definition) is 3. The number of carboxylic acid groups (broad SMARTS) is 1. The van der Waals surface area contributed by atoms with E-state index in [9.17, 15) is 4.79 Å². The molecule has 0 aromatic heterocycles. The Kier molecular flexibility index (Phi) is 13.9. The van der Waals surface area contributed by atoms with Gasteiger partial charge in [-0.15, -0.1) is 0 Å². The van der Waals surface area contributed by atoms with E-state index in [2.05, 4.69) is 25.2 Å². The van der Waals surface area contributed by atoms with Crippen molar-refractivity contribution >= 4 is 5.97 Å². The van der Waals surface area contributed by atoms with E-state index in [0.717, 1.165) is 12.8 Å². The average Bonchev–Trinajstić information content (AvgIpc) is 2.54. The van der Waals surface area contributed by atoms with Gasteiger partial charge in [-0.3, -0.25) is 0 Å². The lowest BCUT2D eigenvalue weighted by Crippen LogP contribution is -2.37. The fourth-order valence-electron chi connectivity index (χ4n) is 1.99. The van der Waals surface area contributed by atoms with Gasteiger partial charge in [-0.25, -0.2) is 4.79 Å². The molecule has 0 saturated carbocycles. The minimum absolute atomic E-state index is 0.178. The predicted molar refractivity (Wildman–Crippen MR) is 98.6 cm³/mol. The molecule has 0 unspecified atom stereocenters. The fraction of sp³-hybridized carbons (Fsp3) is 0.550. The predicted octanol–water partition coefficient (Wildman–Crippen LogP) is 4.51. The van der Waals surface area contributed by atoms with E-state index in [1.807, 2.05) is 30.4 Å². The molecule has 0 amide bonds. The molecule has 24 heavy (non-hydrogen) atoms. The van der Waals surface area contributed by atoms with Crippen molar-refractivity contribution in [2.75, 3.05) is 0 Å². The molecule has 0 aliphatic heterocycles. The first-order valence-corrected chi connectivity index (χ1v) is 8.82. The van der Waals surface area contributed by atoms with Crippen molar-refractivity contribution in [2.45, 2.75) is 70.5 Å². The highest BCUT2D eigenvalue weighted by Crippen LogP contribution is 2.11. The second kappa shape index (κ2) is 14.9. The number of carboxylic acids is 1. The van der Waals surface area contributed by atoms with Crippen LogP contribution >= 0.6 is 0 Å². The molecule has 0 aromatic rings. The Morgan fingerprint density at radius 1 is 0.792 bits per heavy atom. The largest absolute Gasteiger partial charge is 0.477 e. The molecule has 0 bridgehead atoms. The van der Waals surface area contributed by atoms with Gasteiger partial charge in [-0.1, -0.05) is 68.4 Å². The van der Waals surface area contributed by atoms with Gasteiger partial charge in [0.15, 0.2) is 0 Å². The molecule has 3 N–H and O–H groups in total. The van der Waals surface area contributed by atoms with E-state index < -0.39 is 11.8 Å². The van der Waals surface area contributed by atoms with Gasteiger partial charge in [-0.2, -0.15) is 0 Å². The van der Waals surface area contributed by atoms with Crippen molar-refractivity contribution < 1.29 is 20.1 Å². The highest BCUT2D eigenvalue weighted by atomic mass is 16.5. The van der Waals surface area contributed by atoms with E-state index in [1.165, 1.54) is 25.7 Å². The Morgan fingerprint density at radius 2 is 1.33 bits per heavy atom. The lowest BCUT2D eigenvalue weighted by atomic mass is 10.1. The molecular weight excluding hydrogens is 304 g/mol. The molecule has 0 saturated heterocycles. The Hall–Kier alpha value is -1.65. The molecule has 0 fully saturated rings. The van der Waals surface area contributed by atoms with Gasteiger partial charge in [0.05, 0.1) is 0 Å². The Balaban J connectivity index is 3.62. The molecule has 0 spiro atoms. The summed E-state index contributed by atoms with van der Waals surface area (Å²) in [5.74, 6) is -4.22. The summed E-state index contributed by atoms with van der Waals surface area (Å²) in [5, 5.41) is 26.7. The first kappa shape index (κ1) is 22.4. The van der Waals surface area contributed by atoms with E-state index in [-0.39, 0.29) is 6.42 Å². The summed E-state index contributed by atoms with van der Waals surface area (Å²) in [4.78, 5) is 10.5. The minimum Gasteiger partial charge on any atom is -0.477 e. The molecule has 0 rings (SSSR count). The van der Waals surface area contributed by atoms with E-state index in [4.69, 9.17) is 15.3 Å². The van der Waals surface area contributed by atoms with Crippen LogP contribution in [0.4, 0.5) is 0 Å². The van der Waals surface area contributed by atoms with Crippen molar-refractivity contribution in [3.8, 4) is 0 Å². The van der Waals surface area contributed by atoms with Crippen molar-refractivity contribution in [3.63, 3.8) is 0 Å². The second-order valence-corrected chi connectivity index (χ2v) is 5.80. The van der Waals surface area contributed by atoms with Crippen LogP contribution in [0.15, 0.2) is 48.6 Å². The first-order valence-electron chi connectivity index (χ1n) is 8.82. The maximum Gasteiger partial charge on any atom is 0.364 e. The van der Waals surface area contributed by atoms with E-state index in [0.29, 0.717) is 12.8 Å². The number of carbonyl (C=O) groups is 1. The molecule has 4 heteroatoms. The summed E-state index contributed by atoms with van der Waals surface area (Å²) in [7, 11) is 0. The highest BCUT2D eigenvalue weighted by molar-refractivity contribution is 5.74. The molecular formula is C20H32O4.